The van der Waals surface area contributed by atoms with Gasteiger partial charge in [0.25, 0.3) is 5.91 Å². The van der Waals surface area contributed by atoms with Crippen LogP contribution in [0.2, 0.25) is 0 Å². The molecule has 26 heavy (non-hydrogen) atoms. The van der Waals surface area contributed by atoms with Crippen molar-refractivity contribution in [2.45, 2.75) is 0 Å². The van der Waals surface area contributed by atoms with Crippen LogP contribution >= 0.6 is 0 Å². The average molecular weight is 353 g/mol. The molecule has 0 aliphatic rings. The first-order chi connectivity index (χ1) is 12.6. The highest BCUT2D eigenvalue weighted by Gasteiger charge is 2.07. The molecule has 7 nitrogen and oxygen atoms in total. The molecule has 134 valence electrons. The number of anilines is 1. The number of hydrogen-bond acceptors (Lipinski definition) is 4. The molecular formula is C19H19N3O4. The summed E-state index contributed by atoms with van der Waals surface area (Å²) < 4.78 is 10.5. The Morgan fingerprint density at radius 1 is 1.08 bits per heavy atom. The Morgan fingerprint density at radius 2 is 1.81 bits per heavy atom. The summed E-state index contributed by atoms with van der Waals surface area (Å²) in [5, 5.41) is 5.28. The first kappa shape index (κ1) is 18.7. The van der Waals surface area contributed by atoms with Crippen LogP contribution in [-0.2, 0) is 0 Å². The molecule has 0 unspecified atom stereocenters. The number of urea groups is 1. The molecule has 0 saturated heterocycles. The van der Waals surface area contributed by atoms with Crippen molar-refractivity contribution in [2.24, 2.45) is 5.73 Å². The highest BCUT2D eigenvalue weighted by atomic mass is 16.5. The van der Waals surface area contributed by atoms with Gasteiger partial charge in [0, 0.05) is 5.69 Å². The maximum absolute atomic E-state index is 11.7. The lowest BCUT2D eigenvalue weighted by atomic mass is 10.2. The number of carbonyl (C=O) groups is 2. The van der Waals surface area contributed by atoms with Crippen LogP contribution in [0.25, 0.3) is 0 Å². The number of nitrogens with two attached hydrogens (primary N) is 1. The van der Waals surface area contributed by atoms with E-state index in [4.69, 9.17) is 15.2 Å². The number of hydrogen-bond donors (Lipinski definition) is 3. The van der Waals surface area contributed by atoms with Crippen molar-refractivity contribution >= 4 is 17.6 Å². The number of primary amides is 1. The molecule has 0 spiro atoms. The number of rotatable bonds is 6. The van der Waals surface area contributed by atoms with Crippen molar-refractivity contribution in [2.75, 3.05) is 25.6 Å². The Kier molecular flexibility index (Phi) is 6.89. The molecule has 0 saturated carbocycles. The molecule has 0 heterocycles. The van der Waals surface area contributed by atoms with E-state index in [9.17, 15) is 9.59 Å². The van der Waals surface area contributed by atoms with E-state index in [0.717, 1.165) is 0 Å². The van der Waals surface area contributed by atoms with Gasteiger partial charge in [0.1, 0.15) is 18.1 Å². The molecule has 0 radical (unpaired) electrons. The fourth-order valence-corrected chi connectivity index (χ4v) is 2.00. The zero-order valence-electron chi connectivity index (χ0n) is 14.2. The largest absolute Gasteiger partial charge is 0.497 e. The number of nitrogens with one attached hydrogen (secondary N) is 2. The summed E-state index contributed by atoms with van der Waals surface area (Å²) in [7, 11) is 1.57. The lowest BCUT2D eigenvalue weighted by molar-refractivity contribution is 0.0997. The van der Waals surface area contributed by atoms with Crippen molar-refractivity contribution in [1.82, 2.24) is 5.32 Å². The first-order valence-electron chi connectivity index (χ1n) is 7.76. The second-order valence-electron chi connectivity index (χ2n) is 5.04. The van der Waals surface area contributed by atoms with E-state index in [1.54, 1.807) is 55.6 Å². The van der Waals surface area contributed by atoms with Gasteiger partial charge in [-0.3, -0.25) is 4.79 Å². The highest BCUT2D eigenvalue weighted by molar-refractivity contribution is 5.95. The summed E-state index contributed by atoms with van der Waals surface area (Å²) >= 11 is 0. The van der Waals surface area contributed by atoms with E-state index in [-0.39, 0.29) is 19.2 Å². The second-order valence-corrected chi connectivity index (χ2v) is 5.04. The van der Waals surface area contributed by atoms with E-state index < -0.39 is 5.91 Å². The van der Waals surface area contributed by atoms with Gasteiger partial charge in [0.15, 0.2) is 0 Å². The maximum atomic E-state index is 11.7. The molecule has 0 aliphatic carbocycles. The molecule has 2 aromatic rings. The summed E-state index contributed by atoms with van der Waals surface area (Å²) in [6.45, 7) is 0.231. The minimum atomic E-state index is -0.564. The SMILES string of the molecule is COc1ccc(NC(=O)NCC#CCOc2ccccc2C(N)=O)cc1. The molecule has 2 aromatic carbocycles. The molecule has 7 heteroatoms. The number of benzene rings is 2. The molecule has 2 rings (SSSR count). The summed E-state index contributed by atoms with van der Waals surface area (Å²) in [5.41, 5.74) is 6.20. The number of amides is 3. The Bertz CT molecular complexity index is 823. The molecule has 0 aliphatic heterocycles. The van der Waals surface area contributed by atoms with Crippen molar-refractivity contribution in [1.29, 1.82) is 0 Å². The van der Waals surface area contributed by atoms with Crippen molar-refractivity contribution in [3.63, 3.8) is 0 Å². The van der Waals surface area contributed by atoms with Crippen LogP contribution in [0.4, 0.5) is 10.5 Å². The van der Waals surface area contributed by atoms with E-state index in [2.05, 4.69) is 22.5 Å². The van der Waals surface area contributed by atoms with Crippen LogP contribution in [0.15, 0.2) is 48.5 Å². The number of ether oxygens (including phenoxy) is 2. The number of para-hydroxylation sites is 1. The fraction of sp³-hybridized carbons (Fsp3) is 0.158. The van der Waals surface area contributed by atoms with Crippen LogP contribution in [0.1, 0.15) is 10.4 Å². The normalized spacial score (nSPS) is 9.42. The summed E-state index contributed by atoms with van der Waals surface area (Å²) in [4.78, 5) is 23.0. The quantitative estimate of drug-likeness (QED) is 0.691. The third kappa shape index (κ3) is 5.76. The third-order valence-corrected chi connectivity index (χ3v) is 3.26. The molecule has 0 aromatic heterocycles. The van der Waals surface area contributed by atoms with Gasteiger partial charge in [-0.2, -0.15) is 0 Å². The molecule has 0 bridgehead atoms. The molecule has 3 amide bonds. The number of carbonyl (C=O) groups excluding carboxylic acids is 2. The van der Waals surface area contributed by atoms with Gasteiger partial charge in [-0.1, -0.05) is 24.0 Å². The lowest BCUT2D eigenvalue weighted by Gasteiger charge is -2.06. The van der Waals surface area contributed by atoms with E-state index in [0.29, 0.717) is 22.7 Å². The van der Waals surface area contributed by atoms with Gasteiger partial charge < -0.3 is 25.8 Å². The second kappa shape index (κ2) is 9.59. The Morgan fingerprint density at radius 3 is 2.50 bits per heavy atom. The van der Waals surface area contributed by atoms with Gasteiger partial charge in [0.2, 0.25) is 0 Å². The van der Waals surface area contributed by atoms with Crippen LogP contribution < -0.4 is 25.8 Å². The minimum Gasteiger partial charge on any atom is -0.497 e. The van der Waals surface area contributed by atoms with Crippen molar-refractivity contribution < 1.29 is 19.1 Å². The van der Waals surface area contributed by atoms with Crippen LogP contribution in [0.5, 0.6) is 11.5 Å². The van der Waals surface area contributed by atoms with Crippen LogP contribution in [0.3, 0.4) is 0 Å². The zero-order chi connectivity index (χ0) is 18.8. The van der Waals surface area contributed by atoms with Gasteiger partial charge in [-0.05, 0) is 36.4 Å². The Hall–Kier alpha value is -3.66. The summed E-state index contributed by atoms with van der Waals surface area (Å²) in [6.07, 6.45) is 0. The molecule has 4 N–H and O–H groups in total. The van der Waals surface area contributed by atoms with Gasteiger partial charge in [-0.25, -0.2) is 4.79 Å². The van der Waals surface area contributed by atoms with E-state index in [1.807, 2.05) is 0 Å². The van der Waals surface area contributed by atoms with Crippen LogP contribution in [0, 0.1) is 11.8 Å². The monoisotopic (exact) mass is 353 g/mol. The average Bonchev–Trinajstić information content (AvgIpc) is 2.65. The summed E-state index contributed by atoms with van der Waals surface area (Å²) in [6, 6.07) is 13.2. The van der Waals surface area contributed by atoms with Gasteiger partial charge in [0.05, 0.1) is 19.2 Å². The van der Waals surface area contributed by atoms with Gasteiger partial charge >= 0.3 is 6.03 Å². The number of methoxy groups -OCH3 is 1. The Labute approximate surface area is 151 Å². The fourth-order valence-electron chi connectivity index (χ4n) is 2.00. The smallest absolute Gasteiger partial charge is 0.319 e. The van der Waals surface area contributed by atoms with Crippen molar-refractivity contribution in [3.8, 4) is 23.3 Å². The van der Waals surface area contributed by atoms with E-state index >= 15 is 0 Å². The zero-order valence-corrected chi connectivity index (χ0v) is 14.2. The Balaban J connectivity index is 1.73. The molecule has 0 atom stereocenters. The maximum Gasteiger partial charge on any atom is 0.319 e. The topological polar surface area (TPSA) is 103 Å². The predicted molar refractivity (Wildman–Crippen MR) is 98.2 cm³/mol. The van der Waals surface area contributed by atoms with Crippen molar-refractivity contribution in [3.05, 3.63) is 54.1 Å². The standard InChI is InChI=1S/C19H19N3O4/c1-25-15-10-8-14(9-11-15)22-19(24)21-12-4-5-13-26-17-7-3-2-6-16(17)18(20)23/h2-3,6-11H,12-13H2,1H3,(H2,20,23)(H2,21,22,24). The van der Waals surface area contributed by atoms with Crippen LogP contribution in [-0.4, -0.2) is 32.2 Å². The first-order valence-corrected chi connectivity index (χ1v) is 7.76. The predicted octanol–water partition coefficient (Wildman–Crippen LogP) is 2.00. The third-order valence-electron chi connectivity index (χ3n) is 3.26. The van der Waals surface area contributed by atoms with Gasteiger partial charge in [-0.15, -0.1) is 0 Å². The molecule has 0 fully saturated rings. The lowest BCUT2D eigenvalue weighted by Crippen LogP contribution is -2.28. The minimum absolute atomic E-state index is 0.0755. The summed E-state index contributed by atoms with van der Waals surface area (Å²) in [5.74, 6) is 6.03. The molecular weight excluding hydrogens is 334 g/mol. The highest BCUT2D eigenvalue weighted by Crippen LogP contribution is 2.16. The van der Waals surface area contributed by atoms with E-state index in [1.165, 1.54) is 0 Å².